The molecule has 2 heteroatoms. The Morgan fingerprint density at radius 2 is 1.94 bits per heavy atom. The minimum atomic E-state index is 0.896. The summed E-state index contributed by atoms with van der Waals surface area (Å²) in [6.07, 6.45) is 1.16. The molecule has 1 aromatic rings. The second kappa shape index (κ2) is 5.46. The highest BCUT2D eigenvalue weighted by molar-refractivity contribution is 5.30. The summed E-state index contributed by atoms with van der Waals surface area (Å²) in [4.78, 5) is 2.49. The zero-order chi connectivity index (χ0) is 11.4. The van der Waals surface area contributed by atoms with E-state index in [0.717, 1.165) is 39.3 Å². The number of benzene rings is 1. The van der Waals surface area contributed by atoms with Crippen molar-refractivity contribution in [2.75, 3.05) is 32.8 Å². The van der Waals surface area contributed by atoms with E-state index in [4.69, 9.17) is 4.74 Å². The lowest BCUT2D eigenvalue weighted by atomic mass is 10.0. The predicted molar refractivity (Wildman–Crippen MR) is 66.9 cm³/mol. The summed E-state index contributed by atoms with van der Waals surface area (Å²) < 4.78 is 5.35. The van der Waals surface area contributed by atoms with Crippen molar-refractivity contribution < 1.29 is 4.74 Å². The smallest absolute Gasteiger partial charge is 0.0594 e. The van der Waals surface area contributed by atoms with E-state index in [9.17, 15) is 0 Å². The molecule has 1 aliphatic heterocycles. The Balaban J connectivity index is 1.90. The van der Waals surface area contributed by atoms with Gasteiger partial charge in [0, 0.05) is 19.6 Å². The zero-order valence-electron chi connectivity index (χ0n) is 10.3. The molecule has 2 rings (SSSR count). The molecule has 16 heavy (non-hydrogen) atoms. The Morgan fingerprint density at radius 1 is 1.19 bits per heavy atom. The van der Waals surface area contributed by atoms with Crippen LogP contribution in [0.4, 0.5) is 0 Å². The normalized spacial score (nSPS) is 17.6. The molecule has 0 spiro atoms. The summed E-state index contributed by atoms with van der Waals surface area (Å²) in [6, 6.07) is 6.73. The number of rotatable bonds is 3. The molecule has 1 fully saturated rings. The number of hydrogen-bond acceptors (Lipinski definition) is 2. The SMILES string of the molecule is Cc1ccc(C)c(CCN2CCOCC2)c1. The van der Waals surface area contributed by atoms with E-state index in [1.54, 1.807) is 0 Å². The van der Waals surface area contributed by atoms with Crippen LogP contribution in [0.15, 0.2) is 18.2 Å². The van der Waals surface area contributed by atoms with E-state index in [0.29, 0.717) is 0 Å². The lowest BCUT2D eigenvalue weighted by molar-refractivity contribution is 0.0384. The van der Waals surface area contributed by atoms with Crippen molar-refractivity contribution >= 4 is 0 Å². The molecule has 1 aliphatic rings. The van der Waals surface area contributed by atoms with Crippen LogP contribution in [0, 0.1) is 13.8 Å². The number of aryl methyl sites for hydroxylation is 2. The largest absolute Gasteiger partial charge is 0.379 e. The lowest BCUT2D eigenvalue weighted by Gasteiger charge is -2.26. The van der Waals surface area contributed by atoms with E-state index < -0.39 is 0 Å². The van der Waals surface area contributed by atoms with Gasteiger partial charge in [-0.05, 0) is 31.4 Å². The molecule has 0 unspecified atom stereocenters. The van der Waals surface area contributed by atoms with Crippen LogP contribution in [0.3, 0.4) is 0 Å². The van der Waals surface area contributed by atoms with Crippen molar-refractivity contribution in [1.29, 1.82) is 0 Å². The maximum absolute atomic E-state index is 5.35. The Bertz CT molecular complexity index is 343. The fourth-order valence-corrected chi connectivity index (χ4v) is 2.17. The van der Waals surface area contributed by atoms with E-state index in [1.807, 2.05) is 0 Å². The fraction of sp³-hybridized carbons (Fsp3) is 0.571. The van der Waals surface area contributed by atoms with E-state index in [1.165, 1.54) is 16.7 Å². The second-order valence-electron chi connectivity index (χ2n) is 4.63. The average Bonchev–Trinajstić information content (AvgIpc) is 2.32. The molecule has 0 bridgehead atoms. The molecule has 2 nitrogen and oxygen atoms in total. The first-order valence-electron chi connectivity index (χ1n) is 6.12. The minimum absolute atomic E-state index is 0.896. The van der Waals surface area contributed by atoms with Crippen LogP contribution >= 0.6 is 0 Å². The van der Waals surface area contributed by atoms with Gasteiger partial charge in [-0.1, -0.05) is 23.8 Å². The van der Waals surface area contributed by atoms with Crippen LogP contribution in [-0.4, -0.2) is 37.7 Å². The third-order valence-corrected chi connectivity index (χ3v) is 3.31. The van der Waals surface area contributed by atoms with Gasteiger partial charge >= 0.3 is 0 Å². The Kier molecular flexibility index (Phi) is 3.97. The Hall–Kier alpha value is -0.860. The van der Waals surface area contributed by atoms with Crippen molar-refractivity contribution in [2.24, 2.45) is 0 Å². The highest BCUT2D eigenvalue weighted by Crippen LogP contribution is 2.12. The van der Waals surface area contributed by atoms with Gasteiger partial charge in [0.2, 0.25) is 0 Å². The summed E-state index contributed by atoms with van der Waals surface area (Å²) in [5.74, 6) is 0. The van der Waals surface area contributed by atoms with Gasteiger partial charge in [-0.3, -0.25) is 4.90 Å². The molecule has 0 aliphatic carbocycles. The molecular formula is C14H21NO. The van der Waals surface area contributed by atoms with Crippen molar-refractivity contribution in [1.82, 2.24) is 4.90 Å². The fourth-order valence-electron chi connectivity index (χ4n) is 2.17. The Morgan fingerprint density at radius 3 is 2.69 bits per heavy atom. The second-order valence-corrected chi connectivity index (χ2v) is 4.63. The van der Waals surface area contributed by atoms with Gasteiger partial charge in [-0.15, -0.1) is 0 Å². The highest BCUT2D eigenvalue weighted by Gasteiger charge is 2.10. The zero-order valence-corrected chi connectivity index (χ0v) is 10.3. The third-order valence-electron chi connectivity index (χ3n) is 3.31. The van der Waals surface area contributed by atoms with E-state index in [-0.39, 0.29) is 0 Å². The molecule has 0 radical (unpaired) electrons. The Labute approximate surface area is 98.2 Å². The van der Waals surface area contributed by atoms with Crippen LogP contribution in [-0.2, 0) is 11.2 Å². The summed E-state index contributed by atoms with van der Waals surface area (Å²) in [5.41, 5.74) is 4.27. The quantitative estimate of drug-likeness (QED) is 0.772. The van der Waals surface area contributed by atoms with Gasteiger partial charge in [-0.2, -0.15) is 0 Å². The summed E-state index contributed by atoms with van der Waals surface area (Å²) in [5, 5.41) is 0. The van der Waals surface area contributed by atoms with Crippen LogP contribution in [0.25, 0.3) is 0 Å². The standard InChI is InChI=1S/C14H21NO/c1-12-3-4-13(2)14(11-12)5-6-15-7-9-16-10-8-15/h3-4,11H,5-10H2,1-2H3. The maximum Gasteiger partial charge on any atom is 0.0594 e. The topological polar surface area (TPSA) is 12.5 Å². The molecule has 1 heterocycles. The molecule has 0 N–H and O–H groups in total. The van der Waals surface area contributed by atoms with Crippen LogP contribution in [0.2, 0.25) is 0 Å². The van der Waals surface area contributed by atoms with Gasteiger partial charge in [0.15, 0.2) is 0 Å². The lowest BCUT2D eigenvalue weighted by Crippen LogP contribution is -2.37. The van der Waals surface area contributed by atoms with Crippen molar-refractivity contribution in [3.63, 3.8) is 0 Å². The molecule has 0 atom stereocenters. The van der Waals surface area contributed by atoms with Gasteiger partial charge in [-0.25, -0.2) is 0 Å². The van der Waals surface area contributed by atoms with Crippen LogP contribution in [0.1, 0.15) is 16.7 Å². The number of ether oxygens (including phenoxy) is 1. The van der Waals surface area contributed by atoms with Gasteiger partial charge < -0.3 is 4.74 Å². The predicted octanol–water partition coefficient (Wildman–Crippen LogP) is 2.18. The molecule has 1 saturated heterocycles. The number of morpholine rings is 1. The number of nitrogens with zero attached hydrogens (tertiary/aromatic N) is 1. The molecule has 88 valence electrons. The molecule has 0 aromatic heterocycles. The average molecular weight is 219 g/mol. The number of hydrogen-bond donors (Lipinski definition) is 0. The maximum atomic E-state index is 5.35. The first-order chi connectivity index (χ1) is 7.75. The first kappa shape index (κ1) is 11.6. The van der Waals surface area contributed by atoms with Crippen molar-refractivity contribution in [3.8, 4) is 0 Å². The van der Waals surface area contributed by atoms with Gasteiger partial charge in [0.1, 0.15) is 0 Å². The highest BCUT2D eigenvalue weighted by atomic mass is 16.5. The van der Waals surface area contributed by atoms with E-state index >= 15 is 0 Å². The monoisotopic (exact) mass is 219 g/mol. The molecular weight excluding hydrogens is 198 g/mol. The summed E-state index contributed by atoms with van der Waals surface area (Å²) >= 11 is 0. The van der Waals surface area contributed by atoms with Crippen LogP contribution < -0.4 is 0 Å². The first-order valence-corrected chi connectivity index (χ1v) is 6.12. The van der Waals surface area contributed by atoms with Gasteiger partial charge in [0.05, 0.1) is 13.2 Å². The molecule has 1 aromatic carbocycles. The van der Waals surface area contributed by atoms with Crippen molar-refractivity contribution in [2.45, 2.75) is 20.3 Å². The molecule has 0 saturated carbocycles. The summed E-state index contributed by atoms with van der Waals surface area (Å²) in [6.45, 7) is 9.49. The summed E-state index contributed by atoms with van der Waals surface area (Å²) in [7, 11) is 0. The van der Waals surface area contributed by atoms with Gasteiger partial charge in [0.25, 0.3) is 0 Å². The molecule has 0 amide bonds. The minimum Gasteiger partial charge on any atom is -0.379 e. The van der Waals surface area contributed by atoms with E-state index in [2.05, 4.69) is 36.9 Å². The van der Waals surface area contributed by atoms with Crippen LogP contribution in [0.5, 0.6) is 0 Å². The van der Waals surface area contributed by atoms with Crippen molar-refractivity contribution in [3.05, 3.63) is 34.9 Å². The third kappa shape index (κ3) is 3.06.